The van der Waals surface area contributed by atoms with E-state index in [9.17, 15) is 29.4 Å². The van der Waals surface area contributed by atoms with Gasteiger partial charge in [0.2, 0.25) is 0 Å². The van der Waals surface area contributed by atoms with Gasteiger partial charge >= 0.3 is 23.9 Å². The van der Waals surface area contributed by atoms with Crippen LogP contribution in [0.4, 0.5) is 0 Å². The Bertz CT molecular complexity index is 661. The van der Waals surface area contributed by atoms with Crippen molar-refractivity contribution in [2.75, 3.05) is 0 Å². The summed E-state index contributed by atoms with van der Waals surface area (Å²) >= 11 is 0. The van der Waals surface area contributed by atoms with Crippen molar-refractivity contribution in [2.45, 2.75) is 12.8 Å². The lowest BCUT2D eigenvalue weighted by atomic mass is 9.82. The van der Waals surface area contributed by atoms with Gasteiger partial charge in [-0.2, -0.15) is 0 Å². The fraction of sp³-hybridized carbons (Fsp3) is 0.556. The molecule has 25 heavy (non-hydrogen) atoms. The molecule has 8 unspecified atom stereocenters. The van der Waals surface area contributed by atoms with Gasteiger partial charge in [0.15, 0.2) is 0 Å². The van der Waals surface area contributed by atoms with Gasteiger partial charge in [-0.25, -0.2) is 0 Å². The molecule has 132 valence electrons. The number of esters is 2. The third kappa shape index (κ3) is 2.33. The molecule has 7 nitrogen and oxygen atoms in total. The van der Waals surface area contributed by atoms with E-state index in [1.807, 2.05) is 0 Å². The first kappa shape index (κ1) is 16.1. The normalized spacial score (nSPS) is 42.7. The molecule has 0 heterocycles. The lowest BCUT2D eigenvalue weighted by Crippen LogP contribution is -2.39. The lowest BCUT2D eigenvalue weighted by Gasteiger charge is -2.25. The third-order valence-corrected chi connectivity index (χ3v) is 6.23. The number of hydrogen-bond acceptors (Lipinski definition) is 5. The van der Waals surface area contributed by atoms with Gasteiger partial charge in [-0.3, -0.25) is 19.2 Å². The highest BCUT2D eigenvalue weighted by molar-refractivity contribution is 5.93. The average Bonchev–Trinajstić information content (AvgIpc) is 3.31. The second kappa shape index (κ2) is 5.54. The van der Waals surface area contributed by atoms with Gasteiger partial charge in [-0.1, -0.05) is 24.3 Å². The van der Waals surface area contributed by atoms with Crippen molar-refractivity contribution in [2.24, 2.45) is 47.3 Å². The van der Waals surface area contributed by atoms with Crippen molar-refractivity contribution >= 4 is 23.9 Å². The van der Waals surface area contributed by atoms with Crippen molar-refractivity contribution in [3.05, 3.63) is 24.3 Å². The highest BCUT2D eigenvalue weighted by atomic mass is 16.6. The summed E-state index contributed by atoms with van der Waals surface area (Å²) in [4.78, 5) is 47.9. The van der Waals surface area contributed by atoms with Crippen LogP contribution >= 0.6 is 0 Å². The van der Waals surface area contributed by atoms with Gasteiger partial charge in [-0.05, 0) is 36.5 Å². The van der Waals surface area contributed by atoms with Gasteiger partial charge in [0.1, 0.15) is 0 Å². The first-order valence-electron chi connectivity index (χ1n) is 8.46. The van der Waals surface area contributed by atoms with E-state index in [1.165, 1.54) is 0 Å². The Morgan fingerprint density at radius 3 is 1.28 bits per heavy atom. The van der Waals surface area contributed by atoms with Crippen molar-refractivity contribution < 1.29 is 34.1 Å². The second-order valence-electron chi connectivity index (χ2n) is 7.42. The molecule has 0 saturated heterocycles. The molecule has 8 atom stereocenters. The topological polar surface area (TPSA) is 118 Å². The molecule has 2 saturated carbocycles. The average molecular weight is 346 g/mol. The van der Waals surface area contributed by atoms with Crippen molar-refractivity contribution in [3.8, 4) is 0 Å². The Balaban J connectivity index is 1.50. The summed E-state index contributed by atoms with van der Waals surface area (Å²) in [5.74, 6) is -8.26. The monoisotopic (exact) mass is 346 g/mol. The lowest BCUT2D eigenvalue weighted by molar-refractivity contribution is -0.173. The van der Waals surface area contributed by atoms with E-state index < -0.39 is 47.5 Å². The van der Waals surface area contributed by atoms with Crippen LogP contribution in [0.2, 0.25) is 0 Å². The summed E-state index contributed by atoms with van der Waals surface area (Å²) in [6.07, 6.45) is 8.35. The predicted octanol–water partition coefficient (Wildman–Crippen LogP) is 1.10. The molecule has 2 fully saturated rings. The van der Waals surface area contributed by atoms with Crippen molar-refractivity contribution in [1.29, 1.82) is 0 Å². The van der Waals surface area contributed by atoms with Gasteiger partial charge in [0.05, 0.1) is 23.7 Å². The summed E-state index contributed by atoms with van der Waals surface area (Å²) in [5.41, 5.74) is 0. The fourth-order valence-electron chi connectivity index (χ4n) is 5.20. The number of allylic oxidation sites excluding steroid dienone is 4. The van der Waals surface area contributed by atoms with Crippen LogP contribution in [0, 0.1) is 47.3 Å². The molecule has 4 rings (SSSR count). The van der Waals surface area contributed by atoms with Crippen LogP contribution in [0.1, 0.15) is 12.8 Å². The Morgan fingerprint density at radius 2 is 0.960 bits per heavy atom. The molecule has 0 aromatic heterocycles. The minimum Gasteiger partial charge on any atom is -0.481 e. The second-order valence-corrected chi connectivity index (χ2v) is 7.42. The zero-order valence-electron chi connectivity index (χ0n) is 13.3. The number of carbonyl (C=O) groups is 4. The number of fused-ring (bicyclic) bond motifs is 4. The summed E-state index contributed by atoms with van der Waals surface area (Å²) in [6, 6.07) is 0. The van der Waals surface area contributed by atoms with Crippen LogP contribution in [0.3, 0.4) is 0 Å². The summed E-state index contributed by atoms with van der Waals surface area (Å²) < 4.78 is 5.01. The number of rotatable bonds is 4. The van der Waals surface area contributed by atoms with Crippen LogP contribution in [-0.2, 0) is 23.9 Å². The molecule has 7 heteroatoms. The van der Waals surface area contributed by atoms with Crippen LogP contribution in [0.15, 0.2) is 24.3 Å². The molecule has 2 N–H and O–H groups in total. The zero-order chi connectivity index (χ0) is 17.9. The quantitative estimate of drug-likeness (QED) is 0.444. The Hall–Kier alpha value is -2.44. The Morgan fingerprint density at radius 1 is 0.640 bits per heavy atom. The molecule has 0 aromatic rings. The van der Waals surface area contributed by atoms with E-state index >= 15 is 0 Å². The van der Waals surface area contributed by atoms with Gasteiger partial charge in [0, 0.05) is 0 Å². The zero-order valence-corrected chi connectivity index (χ0v) is 13.3. The minimum absolute atomic E-state index is 0.215. The van der Waals surface area contributed by atoms with Crippen LogP contribution in [0.25, 0.3) is 0 Å². The predicted molar refractivity (Wildman–Crippen MR) is 81.8 cm³/mol. The van der Waals surface area contributed by atoms with Crippen LogP contribution in [-0.4, -0.2) is 34.1 Å². The maximum Gasteiger partial charge on any atom is 0.318 e. The van der Waals surface area contributed by atoms with Crippen molar-refractivity contribution in [1.82, 2.24) is 0 Å². The molecular weight excluding hydrogens is 328 g/mol. The minimum atomic E-state index is -1.07. The maximum absolute atomic E-state index is 12.5. The van der Waals surface area contributed by atoms with E-state index in [4.69, 9.17) is 4.74 Å². The number of hydrogen-bond donors (Lipinski definition) is 2. The number of carboxylic acids is 2. The Kier molecular flexibility index (Phi) is 3.56. The van der Waals surface area contributed by atoms with Gasteiger partial charge < -0.3 is 14.9 Å². The highest BCUT2D eigenvalue weighted by Crippen LogP contribution is 2.50. The van der Waals surface area contributed by atoms with Gasteiger partial charge in [-0.15, -0.1) is 0 Å². The van der Waals surface area contributed by atoms with Crippen LogP contribution in [0.5, 0.6) is 0 Å². The molecule has 0 radical (unpaired) electrons. The first-order chi connectivity index (χ1) is 11.9. The summed E-state index contributed by atoms with van der Waals surface area (Å²) in [5, 5.41) is 18.8. The molecule has 4 aliphatic carbocycles. The van der Waals surface area contributed by atoms with E-state index in [0.29, 0.717) is 12.8 Å². The molecule has 4 bridgehead atoms. The molecular formula is C18H18O7. The van der Waals surface area contributed by atoms with E-state index in [-0.39, 0.29) is 23.7 Å². The van der Waals surface area contributed by atoms with Crippen LogP contribution < -0.4 is 0 Å². The maximum atomic E-state index is 12.5. The number of carbonyl (C=O) groups excluding carboxylic acids is 2. The Labute approximate surface area is 143 Å². The fourth-order valence-corrected chi connectivity index (χ4v) is 5.20. The molecule has 4 aliphatic rings. The largest absolute Gasteiger partial charge is 0.481 e. The number of ether oxygens (including phenoxy) is 1. The number of aliphatic carboxylic acids is 2. The molecule has 0 amide bonds. The first-order valence-corrected chi connectivity index (χ1v) is 8.46. The van der Waals surface area contributed by atoms with E-state index in [2.05, 4.69) is 0 Å². The molecule has 0 aliphatic heterocycles. The van der Waals surface area contributed by atoms with Gasteiger partial charge in [0.25, 0.3) is 0 Å². The standard InChI is InChI=1S/C18H18O7/c19-15(20)11-7-1-3-9(5-7)13(11)17(23)25-18(24)14-10-4-2-8(6-10)12(14)16(21)22/h1-4,7-14H,5-6H2,(H,19,20)(H,21,22). The highest BCUT2D eigenvalue weighted by Gasteiger charge is 2.56. The third-order valence-electron chi connectivity index (χ3n) is 6.23. The van der Waals surface area contributed by atoms with Crippen molar-refractivity contribution in [3.63, 3.8) is 0 Å². The smallest absolute Gasteiger partial charge is 0.318 e. The van der Waals surface area contributed by atoms with E-state index in [0.717, 1.165) is 0 Å². The molecule has 0 spiro atoms. The summed E-state index contributed by atoms with van der Waals surface area (Å²) in [7, 11) is 0. The van der Waals surface area contributed by atoms with E-state index in [1.54, 1.807) is 24.3 Å². The SMILES string of the molecule is O=C(O)C1C2C=CC(C2)C1C(=O)OC(=O)C1C2C=CC(C2)C1C(=O)O. The number of carboxylic acid groups (broad SMARTS) is 2. The summed E-state index contributed by atoms with van der Waals surface area (Å²) in [6.45, 7) is 0. The molecule has 0 aromatic carbocycles.